The summed E-state index contributed by atoms with van der Waals surface area (Å²) in [4.78, 5) is 15.5. The minimum absolute atomic E-state index is 0.161. The van der Waals surface area contributed by atoms with E-state index in [0.717, 1.165) is 6.26 Å². The SMILES string of the molecule is Cn1cc(-c2cc(S(C)(=O)=O)ccc2Oc2ccc(Cl)cc2)c2cc[nH]c2c1=O. The van der Waals surface area contributed by atoms with E-state index in [1.165, 1.54) is 10.6 Å². The maximum absolute atomic E-state index is 12.4. The molecule has 0 aliphatic rings. The zero-order valence-corrected chi connectivity index (χ0v) is 17.2. The Balaban J connectivity index is 1.97. The first-order valence-electron chi connectivity index (χ1n) is 8.68. The molecule has 6 nitrogen and oxygen atoms in total. The third-order valence-electron chi connectivity index (χ3n) is 4.60. The number of halogens is 1. The Hall–Kier alpha value is -3.03. The van der Waals surface area contributed by atoms with Crippen LogP contribution in [0.15, 0.2) is 70.6 Å². The lowest BCUT2D eigenvalue weighted by atomic mass is 10.0. The highest BCUT2D eigenvalue weighted by Gasteiger charge is 2.18. The number of aromatic amines is 1. The number of ether oxygens (including phenoxy) is 1. The molecular formula is C21H17ClN2O4S. The van der Waals surface area contributed by atoms with Gasteiger partial charge in [-0.25, -0.2) is 8.42 Å². The monoisotopic (exact) mass is 428 g/mol. The van der Waals surface area contributed by atoms with Gasteiger partial charge in [0.15, 0.2) is 9.84 Å². The van der Waals surface area contributed by atoms with E-state index in [2.05, 4.69) is 4.98 Å². The number of benzene rings is 2. The Labute approximate surface area is 172 Å². The molecule has 148 valence electrons. The average Bonchev–Trinajstić information content (AvgIpc) is 3.16. The average molecular weight is 429 g/mol. The lowest BCUT2D eigenvalue weighted by Crippen LogP contribution is -2.16. The molecule has 8 heteroatoms. The quantitative estimate of drug-likeness (QED) is 0.523. The van der Waals surface area contributed by atoms with Gasteiger partial charge in [0.05, 0.1) is 4.90 Å². The highest BCUT2D eigenvalue weighted by atomic mass is 35.5. The van der Waals surface area contributed by atoms with E-state index in [1.807, 2.05) is 0 Å². The van der Waals surface area contributed by atoms with E-state index in [0.29, 0.717) is 38.6 Å². The molecule has 2 heterocycles. The molecule has 2 aromatic heterocycles. The maximum atomic E-state index is 12.4. The van der Waals surface area contributed by atoms with Crippen LogP contribution >= 0.6 is 11.6 Å². The van der Waals surface area contributed by atoms with Gasteiger partial charge in [0.2, 0.25) is 0 Å². The van der Waals surface area contributed by atoms with E-state index in [-0.39, 0.29) is 10.5 Å². The lowest BCUT2D eigenvalue weighted by molar-refractivity contribution is 0.484. The zero-order valence-electron chi connectivity index (χ0n) is 15.6. The number of hydrogen-bond donors (Lipinski definition) is 1. The molecule has 29 heavy (non-hydrogen) atoms. The van der Waals surface area contributed by atoms with Crippen LogP contribution in [0.25, 0.3) is 22.0 Å². The van der Waals surface area contributed by atoms with Crippen LogP contribution in [0.1, 0.15) is 0 Å². The predicted octanol–water partition coefficient (Wildman–Crippen LogP) is 4.38. The molecule has 0 bridgehead atoms. The van der Waals surface area contributed by atoms with Crippen LogP contribution in [0.2, 0.25) is 5.02 Å². The highest BCUT2D eigenvalue weighted by Crippen LogP contribution is 2.38. The fraction of sp³-hybridized carbons (Fsp3) is 0.0952. The van der Waals surface area contributed by atoms with Crippen LogP contribution in [-0.4, -0.2) is 24.2 Å². The third kappa shape index (κ3) is 3.66. The molecule has 0 saturated heterocycles. The summed E-state index contributed by atoms with van der Waals surface area (Å²) in [5.74, 6) is 1.01. The summed E-state index contributed by atoms with van der Waals surface area (Å²) in [7, 11) is -1.79. The third-order valence-corrected chi connectivity index (χ3v) is 5.97. The first-order valence-corrected chi connectivity index (χ1v) is 11.0. The van der Waals surface area contributed by atoms with E-state index in [4.69, 9.17) is 16.3 Å². The molecule has 0 atom stereocenters. The highest BCUT2D eigenvalue weighted by molar-refractivity contribution is 7.90. The number of sulfone groups is 1. The van der Waals surface area contributed by atoms with Gasteiger partial charge in [0.25, 0.3) is 5.56 Å². The zero-order chi connectivity index (χ0) is 20.8. The van der Waals surface area contributed by atoms with Crippen molar-refractivity contribution in [1.29, 1.82) is 0 Å². The minimum atomic E-state index is -3.44. The normalized spacial score (nSPS) is 11.7. The Morgan fingerprint density at radius 2 is 1.76 bits per heavy atom. The molecule has 0 saturated carbocycles. The minimum Gasteiger partial charge on any atom is -0.457 e. The number of aryl methyl sites for hydroxylation is 1. The smallest absolute Gasteiger partial charge is 0.274 e. The van der Waals surface area contributed by atoms with Crippen molar-refractivity contribution in [3.63, 3.8) is 0 Å². The predicted molar refractivity (Wildman–Crippen MR) is 114 cm³/mol. The summed E-state index contributed by atoms with van der Waals surface area (Å²) in [6.45, 7) is 0. The van der Waals surface area contributed by atoms with Crippen molar-refractivity contribution in [1.82, 2.24) is 9.55 Å². The summed E-state index contributed by atoms with van der Waals surface area (Å²) in [6, 6.07) is 13.3. The van der Waals surface area contributed by atoms with Gasteiger partial charge in [0, 0.05) is 47.2 Å². The number of fused-ring (bicyclic) bond motifs is 1. The Kier molecular flexibility index (Phi) is 4.72. The number of nitrogens with one attached hydrogen (secondary N) is 1. The van der Waals surface area contributed by atoms with Crippen molar-refractivity contribution in [3.8, 4) is 22.6 Å². The van der Waals surface area contributed by atoms with E-state index >= 15 is 0 Å². The first-order chi connectivity index (χ1) is 13.7. The lowest BCUT2D eigenvalue weighted by Gasteiger charge is -2.15. The van der Waals surface area contributed by atoms with Crippen molar-refractivity contribution in [3.05, 3.63) is 76.3 Å². The molecule has 0 spiro atoms. The summed E-state index contributed by atoms with van der Waals surface area (Å²) in [5, 5.41) is 1.26. The molecule has 0 aliphatic heterocycles. The topological polar surface area (TPSA) is 81.2 Å². The number of nitrogens with zero attached hydrogens (tertiary/aromatic N) is 1. The molecule has 0 amide bonds. The number of H-pyrrole nitrogens is 1. The largest absolute Gasteiger partial charge is 0.457 e. The van der Waals surface area contributed by atoms with Crippen LogP contribution in [0.5, 0.6) is 11.5 Å². The molecule has 0 unspecified atom stereocenters. The second-order valence-electron chi connectivity index (χ2n) is 6.71. The summed E-state index contributed by atoms with van der Waals surface area (Å²) in [6.07, 6.45) is 4.50. The Morgan fingerprint density at radius 1 is 1.03 bits per heavy atom. The summed E-state index contributed by atoms with van der Waals surface area (Å²) in [5.41, 5.74) is 1.50. The van der Waals surface area contributed by atoms with Gasteiger partial charge in [-0.15, -0.1) is 0 Å². The van der Waals surface area contributed by atoms with Gasteiger partial charge in [-0.05, 0) is 48.5 Å². The van der Waals surface area contributed by atoms with Crippen molar-refractivity contribution in [2.45, 2.75) is 4.90 Å². The van der Waals surface area contributed by atoms with Gasteiger partial charge < -0.3 is 14.3 Å². The van der Waals surface area contributed by atoms with Gasteiger partial charge in [0.1, 0.15) is 17.0 Å². The first kappa shape index (κ1) is 19.3. The molecule has 1 N–H and O–H groups in total. The Bertz CT molecular complexity index is 1390. The van der Waals surface area contributed by atoms with Crippen LogP contribution < -0.4 is 10.3 Å². The summed E-state index contributed by atoms with van der Waals surface area (Å²) >= 11 is 5.94. The molecule has 0 radical (unpaired) electrons. The molecular weight excluding hydrogens is 412 g/mol. The van der Waals surface area contributed by atoms with Crippen molar-refractivity contribution >= 4 is 32.3 Å². The van der Waals surface area contributed by atoms with Crippen LogP contribution in [0.4, 0.5) is 0 Å². The van der Waals surface area contributed by atoms with Gasteiger partial charge >= 0.3 is 0 Å². The number of hydrogen-bond acceptors (Lipinski definition) is 4. The van der Waals surface area contributed by atoms with Gasteiger partial charge in [-0.3, -0.25) is 4.79 Å². The van der Waals surface area contributed by atoms with Gasteiger partial charge in [-0.2, -0.15) is 0 Å². The van der Waals surface area contributed by atoms with E-state index in [1.54, 1.807) is 61.9 Å². The molecule has 2 aromatic carbocycles. The number of pyridine rings is 1. The second-order valence-corrected chi connectivity index (χ2v) is 9.16. The van der Waals surface area contributed by atoms with E-state index in [9.17, 15) is 13.2 Å². The van der Waals surface area contributed by atoms with E-state index < -0.39 is 9.84 Å². The second kappa shape index (κ2) is 7.09. The van der Waals surface area contributed by atoms with Crippen molar-refractivity contribution in [2.24, 2.45) is 7.05 Å². The van der Waals surface area contributed by atoms with Crippen LogP contribution in [-0.2, 0) is 16.9 Å². The molecule has 4 rings (SSSR count). The molecule has 4 aromatic rings. The Morgan fingerprint density at radius 3 is 2.45 bits per heavy atom. The number of aromatic nitrogens is 2. The molecule has 0 aliphatic carbocycles. The standard InChI is InChI=1S/C21H17ClN2O4S/c1-24-12-18(16-9-10-23-20(16)21(24)25)17-11-15(29(2,26)27)7-8-19(17)28-14-5-3-13(22)4-6-14/h3-12,23H,1-2H3. The van der Waals surface area contributed by atoms with Crippen LogP contribution in [0, 0.1) is 0 Å². The summed E-state index contributed by atoms with van der Waals surface area (Å²) < 4.78 is 31.8. The fourth-order valence-electron chi connectivity index (χ4n) is 3.15. The maximum Gasteiger partial charge on any atom is 0.274 e. The van der Waals surface area contributed by atoms with Crippen molar-refractivity contribution < 1.29 is 13.2 Å². The van der Waals surface area contributed by atoms with Crippen molar-refractivity contribution in [2.75, 3.05) is 6.26 Å². The van der Waals surface area contributed by atoms with Crippen LogP contribution in [0.3, 0.4) is 0 Å². The fourth-order valence-corrected chi connectivity index (χ4v) is 3.93. The van der Waals surface area contributed by atoms with Gasteiger partial charge in [-0.1, -0.05) is 11.6 Å². The molecule has 0 fully saturated rings. The number of rotatable bonds is 4.